The Bertz CT molecular complexity index is 894. The van der Waals surface area contributed by atoms with E-state index >= 15 is 0 Å². The standard InChI is InChI=1S/C20H30N6O2S/c1-15-6-11-25(12-7-15)20-23-26-16(14-17(27)22-19(26)29-20)18(28)21-8-13-24-9-4-2-3-5-10-24/h14-15H,2-13H2,1H3,(H,21,28). The Labute approximate surface area is 174 Å². The Morgan fingerprint density at radius 1 is 1.17 bits per heavy atom. The first-order chi connectivity index (χ1) is 14.1. The van der Waals surface area contributed by atoms with Gasteiger partial charge in [-0.05, 0) is 44.7 Å². The Balaban J connectivity index is 1.45. The number of amides is 1. The van der Waals surface area contributed by atoms with Gasteiger partial charge in [-0.2, -0.15) is 9.50 Å². The molecule has 0 unspecified atom stereocenters. The summed E-state index contributed by atoms with van der Waals surface area (Å²) in [6, 6.07) is 1.29. The second-order valence-corrected chi connectivity index (χ2v) is 9.17. The summed E-state index contributed by atoms with van der Waals surface area (Å²) in [4.78, 5) is 34.0. The van der Waals surface area contributed by atoms with Crippen LogP contribution in [0.1, 0.15) is 55.9 Å². The molecule has 0 spiro atoms. The predicted molar refractivity (Wildman–Crippen MR) is 115 cm³/mol. The highest BCUT2D eigenvalue weighted by Crippen LogP contribution is 2.27. The van der Waals surface area contributed by atoms with Crippen molar-refractivity contribution in [3.05, 3.63) is 22.1 Å². The zero-order valence-corrected chi connectivity index (χ0v) is 17.9. The molecule has 1 amide bonds. The number of hydrogen-bond acceptors (Lipinski definition) is 7. The molecule has 1 N–H and O–H groups in total. The first kappa shape index (κ1) is 20.3. The normalized spacial score (nSPS) is 19.4. The van der Waals surface area contributed by atoms with Crippen LogP contribution in [-0.2, 0) is 0 Å². The number of aromatic nitrogens is 3. The third-order valence-electron chi connectivity index (χ3n) is 5.94. The molecular formula is C20H30N6O2S. The highest BCUT2D eigenvalue weighted by Gasteiger charge is 2.22. The van der Waals surface area contributed by atoms with Crippen molar-refractivity contribution in [3.63, 3.8) is 0 Å². The summed E-state index contributed by atoms with van der Waals surface area (Å²) in [5.74, 6) is 0.462. The molecular weight excluding hydrogens is 388 g/mol. The van der Waals surface area contributed by atoms with Crippen molar-refractivity contribution in [2.75, 3.05) is 44.2 Å². The van der Waals surface area contributed by atoms with Crippen molar-refractivity contribution in [1.82, 2.24) is 24.8 Å². The van der Waals surface area contributed by atoms with Crippen LogP contribution in [0.15, 0.2) is 10.9 Å². The quantitative estimate of drug-likeness (QED) is 0.800. The van der Waals surface area contributed by atoms with Crippen LogP contribution in [0.2, 0.25) is 0 Å². The van der Waals surface area contributed by atoms with E-state index in [0.717, 1.165) is 56.6 Å². The zero-order valence-electron chi connectivity index (χ0n) is 17.1. The van der Waals surface area contributed by atoms with Crippen LogP contribution >= 0.6 is 11.3 Å². The predicted octanol–water partition coefficient (Wildman–Crippen LogP) is 1.99. The van der Waals surface area contributed by atoms with Gasteiger partial charge in [0.25, 0.3) is 11.5 Å². The second-order valence-electron chi connectivity index (χ2n) is 8.24. The van der Waals surface area contributed by atoms with Crippen LogP contribution in [0, 0.1) is 5.92 Å². The van der Waals surface area contributed by atoms with Gasteiger partial charge in [-0.1, -0.05) is 31.1 Å². The van der Waals surface area contributed by atoms with E-state index in [1.165, 1.54) is 47.6 Å². The summed E-state index contributed by atoms with van der Waals surface area (Å²) >= 11 is 1.38. The maximum absolute atomic E-state index is 12.8. The molecule has 4 rings (SSSR count). The van der Waals surface area contributed by atoms with E-state index in [1.807, 2.05) is 0 Å². The lowest BCUT2D eigenvalue weighted by Crippen LogP contribution is -2.36. The number of rotatable bonds is 5. The van der Waals surface area contributed by atoms with Crippen molar-refractivity contribution in [2.24, 2.45) is 5.92 Å². The Morgan fingerprint density at radius 2 is 1.90 bits per heavy atom. The fourth-order valence-corrected chi connectivity index (χ4v) is 5.03. The van der Waals surface area contributed by atoms with Gasteiger partial charge < -0.3 is 15.1 Å². The van der Waals surface area contributed by atoms with Crippen molar-refractivity contribution in [2.45, 2.75) is 45.4 Å². The van der Waals surface area contributed by atoms with Crippen LogP contribution in [0.4, 0.5) is 5.13 Å². The highest BCUT2D eigenvalue weighted by molar-refractivity contribution is 7.20. The minimum absolute atomic E-state index is 0.265. The van der Waals surface area contributed by atoms with Gasteiger partial charge in [0.15, 0.2) is 0 Å². The number of nitrogens with one attached hydrogen (secondary N) is 1. The molecule has 0 bridgehead atoms. The molecule has 0 atom stereocenters. The van der Waals surface area contributed by atoms with Crippen LogP contribution in [-0.4, -0.2) is 64.7 Å². The Hall–Kier alpha value is -2.00. The SMILES string of the molecule is CC1CCN(c2nn3c(C(=O)NCCN4CCCCCC4)cc(=O)nc3s2)CC1. The van der Waals surface area contributed by atoms with Gasteiger partial charge in [0.1, 0.15) is 5.69 Å². The maximum atomic E-state index is 12.8. The van der Waals surface area contributed by atoms with Gasteiger partial charge in [0.05, 0.1) is 0 Å². The lowest BCUT2D eigenvalue weighted by molar-refractivity contribution is 0.0941. The Morgan fingerprint density at radius 3 is 2.62 bits per heavy atom. The van der Waals surface area contributed by atoms with E-state index < -0.39 is 5.56 Å². The first-order valence-corrected chi connectivity index (χ1v) is 11.6. The van der Waals surface area contributed by atoms with E-state index in [-0.39, 0.29) is 11.6 Å². The molecule has 2 aliphatic heterocycles. The van der Waals surface area contributed by atoms with E-state index in [2.05, 4.69) is 32.1 Å². The van der Waals surface area contributed by atoms with Gasteiger partial charge in [0.2, 0.25) is 10.1 Å². The maximum Gasteiger partial charge on any atom is 0.274 e. The molecule has 2 saturated heterocycles. The molecule has 0 radical (unpaired) electrons. The molecule has 8 nitrogen and oxygen atoms in total. The lowest BCUT2D eigenvalue weighted by Gasteiger charge is -2.29. The largest absolute Gasteiger partial charge is 0.349 e. The van der Waals surface area contributed by atoms with E-state index in [4.69, 9.17) is 0 Å². The summed E-state index contributed by atoms with van der Waals surface area (Å²) in [6.07, 6.45) is 7.30. The minimum Gasteiger partial charge on any atom is -0.349 e. The van der Waals surface area contributed by atoms with E-state index in [0.29, 0.717) is 11.5 Å². The molecule has 0 aromatic carbocycles. The number of carbonyl (C=O) groups is 1. The fraction of sp³-hybridized carbons (Fsp3) is 0.700. The summed E-state index contributed by atoms with van der Waals surface area (Å²) in [5, 5.41) is 8.41. The van der Waals surface area contributed by atoms with E-state index in [1.54, 1.807) is 0 Å². The van der Waals surface area contributed by atoms with Crippen molar-refractivity contribution in [3.8, 4) is 0 Å². The minimum atomic E-state index is -0.398. The zero-order chi connectivity index (χ0) is 20.2. The summed E-state index contributed by atoms with van der Waals surface area (Å²) < 4.78 is 1.53. The number of nitrogens with zero attached hydrogens (tertiary/aromatic N) is 5. The third kappa shape index (κ3) is 4.95. The molecule has 2 aliphatic rings. The number of likely N-dealkylation sites (tertiary alicyclic amines) is 1. The fourth-order valence-electron chi connectivity index (χ4n) is 4.07. The monoisotopic (exact) mass is 418 g/mol. The number of hydrogen-bond donors (Lipinski definition) is 1. The first-order valence-electron chi connectivity index (χ1n) is 10.8. The van der Waals surface area contributed by atoms with Crippen LogP contribution in [0.25, 0.3) is 4.96 Å². The number of carbonyl (C=O) groups excluding carboxylic acids is 1. The van der Waals surface area contributed by atoms with Gasteiger partial charge in [-0.3, -0.25) is 9.59 Å². The number of fused-ring (bicyclic) bond motifs is 1. The van der Waals surface area contributed by atoms with Crippen molar-refractivity contribution < 1.29 is 4.79 Å². The molecule has 158 valence electrons. The molecule has 2 aromatic rings. The highest BCUT2D eigenvalue weighted by atomic mass is 32.1. The lowest BCUT2D eigenvalue weighted by atomic mass is 10.00. The van der Waals surface area contributed by atoms with Crippen molar-refractivity contribution in [1.29, 1.82) is 0 Å². The topological polar surface area (TPSA) is 82.8 Å². The second kappa shape index (κ2) is 9.21. The molecule has 2 aromatic heterocycles. The molecule has 2 fully saturated rings. The van der Waals surface area contributed by atoms with Gasteiger partial charge in [-0.25, -0.2) is 0 Å². The van der Waals surface area contributed by atoms with E-state index in [9.17, 15) is 9.59 Å². The number of piperidine rings is 1. The van der Waals surface area contributed by atoms with Crippen LogP contribution < -0.4 is 15.8 Å². The smallest absolute Gasteiger partial charge is 0.274 e. The van der Waals surface area contributed by atoms with Gasteiger partial charge >= 0.3 is 0 Å². The molecule has 0 saturated carbocycles. The van der Waals surface area contributed by atoms with Crippen LogP contribution in [0.5, 0.6) is 0 Å². The summed E-state index contributed by atoms with van der Waals surface area (Å²) in [7, 11) is 0. The average Bonchev–Trinajstić information content (AvgIpc) is 2.95. The molecule has 0 aliphatic carbocycles. The van der Waals surface area contributed by atoms with Crippen molar-refractivity contribution >= 4 is 27.3 Å². The van der Waals surface area contributed by atoms with Gasteiger partial charge in [-0.15, -0.1) is 5.10 Å². The average molecular weight is 419 g/mol. The molecule has 4 heterocycles. The third-order valence-corrected chi connectivity index (χ3v) is 6.91. The Kier molecular flexibility index (Phi) is 6.44. The number of anilines is 1. The van der Waals surface area contributed by atoms with Crippen LogP contribution in [0.3, 0.4) is 0 Å². The van der Waals surface area contributed by atoms with Gasteiger partial charge in [0, 0.05) is 32.2 Å². The summed E-state index contributed by atoms with van der Waals surface area (Å²) in [6.45, 7) is 7.76. The molecule has 9 heteroatoms. The molecule has 29 heavy (non-hydrogen) atoms. The summed E-state index contributed by atoms with van der Waals surface area (Å²) in [5.41, 5.74) is -0.131.